The van der Waals surface area contributed by atoms with Crippen LogP contribution in [-0.4, -0.2) is 50.6 Å². The summed E-state index contributed by atoms with van der Waals surface area (Å²) < 4.78 is 33.3. The van der Waals surface area contributed by atoms with Crippen LogP contribution in [0.3, 0.4) is 0 Å². The number of carbonyl (C=O) groups is 1. The second-order valence-electron chi connectivity index (χ2n) is 6.36. The zero-order valence-electron chi connectivity index (χ0n) is 15.8. The summed E-state index contributed by atoms with van der Waals surface area (Å²) in [5, 5.41) is 2.65. The minimum absolute atomic E-state index is 0.0714. The fourth-order valence-corrected chi connectivity index (χ4v) is 5.00. The first-order chi connectivity index (χ1) is 13.3. The van der Waals surface area contributed by atoms with Gasteiger partial charge in [-0.05, 0) is 25.1 Å². The lowest BCUT2D eigenvalue weighted by molar-refractivity contribution is -0.119. The lowest BCUT2D eigenvalue weighted by Gasteiger charge is -2.27. The van der Waals surface area contributed by atoms with Gasteiger partial charge in [0.1, 0.15) is 4.21 Å². The molecule has 1 fully saturated rings. The van der Waals surface area contributed by atoms with E-state index in [4.69, 9.17) is 4.74 Å². The third kappa shape index (κ3) is 5.47. The van der Waals surface area contributed by atoms with Crippen LogP contribution >= 0.6 is 11.3 Å². The number of ether oxygens (including phenoxy) is 1. The van der Waals surface area contributed by atoms with E-state index < -0.39 is 10.0 Å². The van der Waals surface area contributed by atoms with Crippen LogP contribution in [0.5, 0.6) is 0 Å². The van der Waals surface area contributed by atoms with Crippen LogP contribution in [0.2, 0.25) is 0 Å². The monoisotopic (exact) mass is 425 g/mol. The van der Waals surface area contributed by atoms with E-state index >= 15 is 0 Å². The van der Waals surface area contributed by atoms with Crippen LogP contribution in [0, 0.1) is 6.92 Å². The molecule has 2 aromatic heterocycles. The molecule has 1 amide bonds. The van der Waals surface area contributed by atoms with Crippen molar-refractivity contribution >= 4 is 33.2 Å². The number of anilines is 1. The van der Waals surface area contributed by atoms with Crippen LogP contribution in [-0.2, 0) is 32.6 Å². The van der Waals surface area contributed by atoms with Gasteiger partial charge in [-0.1, -0.05) is 0 Å². The molecule has 0 bridgehead atoms. The molecule has 11 heteroatoms. The standard InChI is InChI=1S/C17H23N5O4S2/c1-12-9-14(21-17(20-12)22-5-7-26-8-6-22)10-19-28(24,25)16-4-3-15(27-16)11-18-13(2)23/h3-4,9,19H,5-8,10-11H2,1-2H3,(H,18,23). The Morgan fingerprint density at radius 1 is 1.25 bits per heavy atom. The van der Waals surface area contributed by atoms with Gasteiger partial charge in [-0.15, -0.1) is 11.3 Å². The first kappa shape index (κ1) is 20.6. The van der Waals surface area contributed by atoms with Crippen molar-refractivity contribution in [3.8, 4) is 0 Å². The molecule has 0 saturated carbocycles. The Kier molecular flexibility index (Phi) is 6.60. The summed E-state index contributed by atoms with van der Waals surface area (Å²) >= 11 is 1.13. The fourth-order valence-electron chi connectivity index (χ4n) is 2.66. The summed E-state index contributed by atoms with van der Waals surface area (Å²) in [5.74, 6) is 0.428. The molecule has 1 aliphatic heterocycles. The summed E-state index contributed by atoms with van der Waals surface area (Å²) in [6, 6.07) is 5.00. The van der Waals surface area contributed by atoms with E-state index in [2.05, 4.69) is 20.0 Å². The maximum absolute atomic E-state index is 12.6. The molecule has 152 valence electrons. The second kappa shape index (κ2) is 8.95. The Morgan fingerprint density at radius 2 is 2.00 bits per heavy atom. The second-order valence-corrected chi connectivity index (χ2v) is 9.52. The summed E-state index contributed by atoms with van der Waals surface area (Å²) in [7, 11) is -3.66. The Morgan fingerprint density at radius 3 is 2.71 bits per heavy atom. The summed E-state index contributed by atoms with van der Waals surface area (Å²) in [5.41, 5.74) is 1.38. The van der Waals surface area contributed by atoms with Crippen molar-refractivity contribution in [1.29, 1.82) is 0 Å². The maximum Gasteiger partial charge on any atom is 0.250 e. The zero-order valence-corrected chi connectivity index (χ0v) is 17.4. The molecule has 0 aromatic carbocycles. The van der Waals surface area contributed by atoms with E-state index in [1.165, 1.54) is 13.0 Å². The summed E-state index contributed by atoms with van der Waals surface area (Å²) in [6.45, 7) is 6.32. The number of aromatic nitrogens is 2. The van der Waals surface area contributed by atoms with Crippen molar-refractivity contribution in [3.05, 3.63) is 34.5 Å². The number of hydrogen-bond acceptors (Lipinski definition) is 8. The van der Waals surface area contributed by atoms with Crippen LogP contribution < -0.4 is 14.9 Å². The molecule has 0 spiro atoms. The maximum atomic E-state index is 12.6. The number of nitrogens with one attached hydrogen (secondary N) is 2. The van der Waals surface area contributed by atoms with Crippen molar-refractivity contribution in [3.63, 3.8) is 0 Å². The predicted molar refractivity (Wildman–Crippen MR) is 106 cm³/mol. The number of rotatable bonds is 7. The third-order valence-corrected chi connectivity index (χ3v) is 7.02. The molecule has 0 aliphatic carbocycles. The molecule has 2 aromatic rings. The van der Waals surface area contributed by atoms with Gasteiger partial charge in [-0.3, -0.25) is 4.79 Å². The van der Waals surface area contributed by atoms with Gasteiger partial charge in [0.25, 0.3) is 0 Å². The number of amides is 1. The topological polar surface area (TPSA) is 114 Å². The first-order valence-electron chi connectivity index (χ1n) is 8.83. The van der Waals surface area contributed by atoms with Gasteiger partial charge in [-0.2, -0.15) is 0 Å². The largest absolute Gasteiger partial charge is 0.378 e. The molecule has 2 N–H and O–H groups in total. The van der Waals surface area contributed by atoms with Gasteiger partial charge in [-0.25, -0.2) is 23.1 Å². The number of aryl methyl sites for hydroxylation is 1. The van der Waals surface area contributed by atoms with E-state index in [9.17, 15) is 13.2 Å². The van der Waals surface area contributed by atoms with Gasteiger partial charge >= 0.3 is 0 Å². The minimum atomic E-state index is -3.66. The molecular weight excluding hydrogens is 402 g/mol. The molecule has 28 heavy (non-hydrogen) atoms. The highest BCUT2D eigenvalue weighted by molar-refractivity contribution is 7.91. The lowest BCUT2D eigenvalue weighted by Crippen LogP contribution is -2.37. The molecule has 3 heterocycles. The van der Waals surface area contributed by atoms with Crippen molar-refractivity contribution in [1.82, 2.24) is 20.0 Å². The normalized spacial score (nSPS) is 14.9. The molecule has 9 nitrogen and oxygen atoms in total. The smallest absolute Gasteiger partial charge is 0.250 e. The molecule has 0 radical (unpaired) electrons. The van der Waals surface area contributed by atoms with Gasteiger partial charge in [0, 0.05) is 30.6 Å². The van der Waals surface area contributed by atoms with Crippen molar-refractivity contribution in [2.24, 2.45) is 0 Å². The van der Waals surface area contributed by atoms with E-state index in [0.717, 1.165) is 21.9 Å². The summed E-state index contributed by atoms with van der Waals surface area (Å²) in [6.07, 6.45) is 0. The number of nitrogens with zero attached hydrogens (tertiary/aromatic N) is 3. The molecule has 3 rings (SSSR count). The number of carbonyl (C=O) groups excluding carboxylic acids is 1. The Labute approximate surface area is 168 Å². The minimum Gasteiger partial charge on any atom is -0.378 e. The third-order valence-electron chi connectivity index (χ3n) is 4.05. The quantitative estimate of drug-likeness (QED) is 0.674. The Hall–Kier alpha value is -2.08. The predicted octanol–water partition coefficient (Wildman–Crippen LogP) is 0.798. The Balaban J connectivity index is 1.67. The van der Waals surface area contributed by atoms with Crippen LogP contribution in [0.25, 0.3) is 0 Å². The van der Waals surface area contributed by atoms with E-state index in [1.54, 1.807) is 12.1 Å². The molecule has 0 atom stereocenters. The SMILES string of the molecule is CC(=O)NCc1ccc(S(=O)(=O)NCc2cc(C)nc(N3CCOCC3)n2)s1. The van der Waals surface area contributed by atoms with Crippen LogP contribution in [0.15, 0.2) is 22.4 Å². The van der Waals surface area contributed by atoms with Crippen LogP contribution in [0.4, 0.5) is 5.95 Å². The van der Waals surface area contributed by atoms with Gasteiger partial charge in [0.15, 0.2) is 0 Å². The van der Waals surface area contributed by atoms with Gasteiger partial charge in [0.05, 0.1) is 32.0 Å². The fraction of sp³-hybridized carbons (Fsp3) is 0.471. The molecule has 1 saturated heterocycles. The van der Waals surface area contributed by atoms with Gasteiger partial charge in [0.2, 0.25) is 21.9 Å². The van der Waals surface area contributed by atoms with Crippen LogP contribution in [0.1, 0.15) is 23.2 Å². The Bertz CT molecular complexity index is 939. The van der Waals surface area contributed by atoms with E-state index in [0.29, 0.717) is 44.5 Å². The number of hydrogen-bond donors (Lipinski definition) is 2. The van der Waals surface area contributed by atoms with Crippen molar-refractivity contribution in [2.75, 3.05) is 31.2 Å². The number of thiophene rings is 1. The summed E-state index contributed by atoms with van der Waals surface area (Å²) in [4.78, 5) is 22.7. The van der Waals surface area contributed by atoms with Crippen molar-refractivity contribution in [2.45, 2.75) is 31.1 Å². The average molecular weight is 426 g/mol. The highest BCUT2D eigenvalue weighted by atomic mass is 32.2. The van der Waals surface area contributed by atoms with Gasteiger partial charge < -0.3 is 15.0 Å². The van der Waals surface area contributed by atoms with E-state index in [-0.39, 0.29) is 16.7 Å². The highest BCUT2D eigenvalue weighted by Crippen LogP contribution is 2.22. The zero-order chi connectivity index (χ0) is 20.1. The molecular formula is C17H23N5O4S2. The molecule has 1 aliphatic rings. The highest BCUT2D eigenvalue weighted by Gasteiger charge is 2.19. The first-order valence-corrected chi connectivity index (χ1v) is 11.1. The number of sulfonamides is 1. The van der Waals surface area contributed by atoms with E-state index in [1.807, 2.05) is 11.8 Å². The number of morpholine rings is 1. The lowest BCUT2D eigenvalue weighted by atomic mass is 10.3. The molecule has 0 unspecified atom stereocenters. The average Bonchev–Trinajstić information content (AvgIpc) is 3.15. The van der Waals surface area contributed by atoms with Crippen molar-refractivity contribution < 1.29 is 17.9 Å².